The number of amidine groups is 1. The van der Waals surface area contributed by atoms with Crippen LogP contribution in [-0.4, -0.2) is 15.6 Å². The largest absolute Gasteiger partial charge is 0.409 e. The van der Waals surface area contributed by atoms with Crippen molar-refractivity contribution in [2.75, 3.05) is 0 Å². The number of thiazole rings is 1. The molecule has 1 aromatic heterocycles. The lowest BCUT2D eigenvalue weighted by Crippen LogP contribution is -2.19. The first-order valence-electron chi connectivity index (χ1n) is 4.27. The van der Waals surface area contributed by atoms with Crippen LogP contribution in [0.15, 0.2) is 29.4 Å². The Labute approximate surface area is 95.3 Å². The molecule has 0 radical (unpaired) electrons. The predicted molar refractivity (Wildman–Crippen MR) is 64.1 cm³/mol. The number of benzene rings is 1. The smallest absolute Gasteiger partial charge is 0.162 e. The molecule has 0 aliphatic rings. The van der Waals surface area contributed by atoms with Crippen LogP contribution in [0.2, 0.25) is 0 Å². The van der Waals surface area contributed by atoms with Gasteiger partial charge in [-0.2, -0.15) is 0 Å². The van der Waals surface area contributed by atoms with Crippen molar-refractivity contribution in [1.82, 2.24) is 4.57 Å². The van der Waals surface area contributed by atoms with Crippen molar-refractivity contribution in [1.29, 1.82) is 0 Å². The highest BCUT2D eigenvalue weighted by Crippen LogP contribution is 2.22. The van der Waals surface area contributed by atoms with Crippen LogP contribution in [0.5, 0.6) is 0 Å². The van der Waals surface area contributed by atoms with Crippen LogP contribution in [-0.2, 0) is 6.54 Å². The van der Waals surface area contributed by atoms with Gasteiger partial charge in [-0.1, -0.05) is 17.3 Å². The van der Waals surface area contributed by atoms with Gasteiger partial charge in [-0.05, 0) is 24.4 Å². The monoisotopic (exact) mass is 239 g/mol. The van der Waals surface area contributed by atoms with Crippen molar-refractivity contribution in [2.24, 2.45) is 10.9 Å². The summed E-state index contributed by atoms with van der Waals surface area (Å²) in [6.45, 7) is 0.319. The Morgan fingerprint density at radius 3 is 3.00 bits per heavy atom. The third-order valence-corrected chi connectivity index (χ3v) is 3.45. The Morgan fingerprint density at radius 2 is 2.27 bits per heavy atom. The number of nitrogens with zero attached hydrogens (tertiary/aromatic N) is 2. The Balaban J connectivity index is 2.59. The Kier molecular flexibility index (Phi) is 2.70. The topological polar surface area (TPSA) is 63.5 Å². The lowest BCUT2D eigenvalue weighted by atomic mass is 10.3. The quantitative estimate of drug-likeness (QED) is 0.277. The molecule has 0 saturated carbocycles. The van der Waals surface area contributed by atoms with Gasteiger partial charge in [-0.3, -0.25) is 0 Å². The predicted octanol–water partition coefficient (Wildman–Crippen LogP) is 2.18. The maximum atomic E-state index is 8.52. The van der Waals surface area contributed by atoms with Crippen LogP contribution in [0.1, 0.15) is 0 Å². The third kappa shape index (κ3) is 1.86. The number of hydrogen-bond donors (Lipinski definition) is 2. The van der Waals surface area contributed by atoms with Gasteiger partial charge >= 0.3 is 0 Å². The molecule has 78 valence electrons. The highest BCUT2D eigenvalue weighted by Gasteiger charge is 2.05. The van der Waals surface area contributed by atoms with Gasteiger partial charge in [0.15, 0.2) is 9.79 Å². The van der Waals surface area contributed by atoms with Crippen molar-refractivity contribution in [3.8, 4) is 0 Å². The van der Waals surface area contributed by atoms with Crippen LogP contribution in [0.25, 0.3) is 10.2 Å². The number of nitrogens with two attached hydrogens (primary N) is 1. The van der Waals surface area contributed by atoms with Gasteiger partial charge in [0.05, 0.1) is 16.8 Å². The van der Waals surface area contributed by atoms with Crippen molar-refractivity contribution in [3.05, 3.63) is 28.2 Å². The molecular formula is C9H9N3OS2. The summed E-state index contributed by atoms with van der Waals surface area (Å²) in [5.74, 6) is 0.148. The molecule has 0 unspecified atom stereocenters. The Bertz CT molecular complexity index is 570. The summed E-state index contributed by atoms with van der Waals surface area (Å²) in [6, 6.07) is 7.86. The molecule has 1 aromatic carbocycles. The number of aromatic nitrogens is 1. The zero-order valence-corrected chi connectivity index (χ0v) is 9.38. The first-order valence-corrected chi connectivity index (χ1v) is 5.49. The minimum Gasteiger partial charge on any atom is -0.409 e. The summed E-state index contributed by atoms with van der Waals surface area (Å²) < 4.78 is 3.68. The van der Waals surface area contributed by atoms with Gasteiger partial charge in [-0.15, -0.1) is 11.3 Å². The molecule has 0 fully saturated rings. The molecule has 0 saturated heterocycles. The number of rotatable bonds is 2. The zero-order valence-electron chi connectivity index (χ0n) is 7.75. The van der Waals surface area contributed by atoms with E-state index in [-0.39, 0.29) is 5.84 Å². The van der Waals surface area contributed by atoms with Gasteiger partial charge < -0.3 is 15.5 Å². The van der Waals surface area contributed by atoms with Gasteiger partial charge in [0.25, 0.3) is 0 Å². The number of para-hydroxylation sites is 1. The van der Waals surface area contributed by atoms with Crippen LogP contribution < -0.4 is 5.73 Å². The first-order chi connectivity index (χ1) is 7.22. The molecule has 2 rings (SSSR count). The molecular weight excluding hydrogens is 230 g/mol. The molecule has 3 N–H and O–H groups in total. The van der Waals surface area contributed by atoms with Crippen molar-refractivity contribution < 1.29 is 5.21 Å². The van der Waals surface area contributed by atoms with E-state index in [4.69, 9.17) is 23.2 Å². The zero-order chi connectivity index (χ0) is 10.8. The molecule has 0 amide bonds. The summed E-state index contributed by atoms with van der Waals surface area (Å²) in [5, 5.41) is 11.5. The summed E-state index contributed by atoms with van der Waals surface area (Å²) in [4.78, 5) is 0. The fraction of sp³-hybridized carbons (Fsp3) is 0.111. The van der Waals surface area contributed by atoms with Crippen LogP contribution >= 0.6 is 23.6 Å². The van der Waals surface area contributed by atoms with Crippen LogP contribution in [0.4, 0.5) is 0 Å². The lowest BCUT2D eigenvalue weighted by Gasteiger charge is -2.02. The number of oxime groups is 1. The van der Waals surface area contributed by atoms with E-state index in [0.717, 1.165) is 14.2 Å². The molecule has 0 bridgehead atoms. The Morgan fingerprint density at radius 1 is 1.53 bits per heavy atom. The average molecular weight is 239 g/mol. The number of hydrogen-bond acceptors (Lipinski definition) is 4. The second kappa shape index (κ2) is 4.00. The summed E-state index contributed by atoms with van der Waals surface area (Å²) in [5.41, 5.74) is 6.47. The second-order valence-electron chi connectivity index (χ2n) is 3.01. The highest BCUT2D eigenvalue weighted by atomic mass is 32.1. The van der Waals surface area contributed by atoms with Crippen LogP contribution in [0.3, 0.4) is 0 Å². The fourth-order valence-electron chi connectivity index (χ4n) is 1.36. The van der Waals surface area contributed by atoms with E-state index >= 15 is 0 Å². The SMILES string of the molecule is N/C(Cn1c(=S)sc2ccccc21)=N\O. The summed E-state index contributed by atoms with van der Waals surface area (Å²) >= 11 is 6.73. The molecule has 0 atom stereocenters. The van der Waals surface area contributed by atoms with Crippen LogP contribution in [0, 0.1) is 3.95 Å². The van der Waals surface area contributed by atoms with E-state index < -0.39 is 0 Å². The Hall–Kier alpha value is -1.40. The molecule has 1 heterocycles. The van der Waals surface area contributed by atoms with Gasteiger partial charge in [-0.25, -0.2) is 0 Å². The normalized spacial score (nSPS) is 12.1. The summed E-state index contributed by atoms with van der Waals surface area (Å²) in [7, 11) is 0. The second-order valence-corrected chi connectivity index (χ2v) is 4.69. The maximum Gasteiger partial charge on any atom is 0.162 e. The number of fused-ring (bicyclic) bond motifs is 1. The molecule has 6 heteroatoms. The molecule has 4 nitrogen and oxygen atoms in total. The summed E-state index contributed by atoms with van der Waals surface area (Å²) in [6.07, 6.45) is 0. The molecule has 2 aromatic rings. The first kappa shape index (κ1) is 10.1. The van der Waals surface area contributed by atoms with Crippen molar-refractivity contribution >= 4 is 39.6 Å². The van der Waals surface area contributed by atoms with Gasteiger partial charge in [0, 0.05) is 0 Å². The molecule has 0 spiro atoms. The van der Waals surface area contributed by atoms with Crippen molar-refractivity contribution in [3.63, 3.8) is 0 Å². The van der Waals surface area contributed by atoms with E-state index in [1.54, 1.807) is 0 Å². The van der Waals surface area contributed by atoms with Crippen molar-refractivity contribution in [2.45, 2.75) is 6.54 Å². The minimum absolute atomic E-state index is 0.148. The fourth-order valence-corrected chi connectivity index (χ4v) is 2.68. The standard InChI is InChI=1S/C9H9N3OS2/c10-8(11-13)5-12-6-3-1-2-4-7(6)15-9(12)14/h1-4,13H,5H2,(H2,10,11). The molecule has 15 heavy (non-hydrogen) atoms. The average Bonchev–Trinajstić information content (AvgIpc) is 2.55. The van der Waals surface area contributed by atoms with E-state index in [9.17, 15) is 0 Å². The van der Waals surface area contributed by atoms with E-state index in [0.29, 0.717) is 6.54 Å². The molecule has 0 aliphatic carbocycles. The lowest BCUT2D eigenvalue weighted by molar-refractivity contribution is 0.316. The van der Waals surface area contributed by atoms with E-state index in [1.165, 1.54) is 11.3 Å². The third-order valence-electron chi connectivity index (χ3n) is 2.02. The minimum atomic E-state index is 0.148. The highest BCUT2D eigenvalue weighted by molar-refractivity contribution is 7.73. The van der Waals surface area contributed by atoms with E-state index in [2.05, 4.69) is 5.16 Å². The maximum absolute atomic E-state index is 8.52. The van der Waals surface area contributed by atoms with E-state index in [1.807, 2.05) is 28.8 Å². The van der Waals surface area contributed by atoms with Gasteiger partial charge in [0.1, 0.15) is 0 Å². The molecule has 0 aliphatic heterocycles. The van der Waals surface area contributed by atoms with Gasteiger partial charge in [0.2, 0.25) is 0 Å².